The van der Waals surface area contributed by atoms with Crippen LogP contribution in [0.15, 0.2) is 48.5 Å². The fourth-order valence-corrected chi connectivity index (χ4v) is 1.84. The molecule has 20 heavy (non-hydrogen) atoms. The highest BCUT2D eigenvalue weighted by Crippen LogP contribution is 2.21. The van der Waals surface area contributed by atoms with Gasteiger partial charge in [-0.1, -0.05) is 18.2 Å². The first-order valence-corrected chi connectivity index (χ1v) is 6.50. The number of aliphatic hydroxyl groups excluding tert-OH is 1. The van der Waals surface area contributed by atoms with Crippen LogP contribution in [0, 0.1) is 0 Å². The van der Waals surface area contributed by atoms with E-state index in [9.17, 15) is 5.11 Å². The molecule has 0 radical (unpaired) electrons. The van der Waals surface area contributed by atoms with E-state index in [0.29, 0.717) is 5.69 Å². The zero-order valence-electron chi connectivity index (χ0n) is 11.8. The SMILES string of the molecule is CN(C)c1cccc(OCC(O)c2ccc(N)cc2)c1. The van der Waals surface area contributed by atoms with E-state index >= 15 is 0 Å². The maximum Gasteiger partial charge on any atom is 0.121 e. The van der Waals surface area contributed by atoms with Gasteiger partial charge in [-0.3, -0.25) is 0 Å². The van der Waals surface area contributed by atoms with Crippen molar-refractivity contribution in [1.82, 2.24) is 0 Å². The smallest absolute Gasteiger partial charge is 0.121 e. The summed E-state index contributed by atoms with van der Waals surface area (Å²) >= 11 is 0. The number of anilines is 2. The van der Waals surface area contributed by atoms with E-state index in [4.69, 9.17) is 10.5 Å². The Balaban J connectivity index is 1.97. The van der Waals surface area contributed by atoms with Crippen molar-refractivity contribution in [2.45, 2.75) is 6.10 Å². The highest BCUT2D eigenvalue weighted by Gasteiger charge is 2.08. The molecule has 4 nitrogen and oxygen atoms in total. The third-order valence-electron chi connectivity index (χ3n) is 3.06. The van der Waals surface area contributed by atoms with Crippen molar-refractivity contribution in [2.24, 2.45) is 0 Å². The van der Waals surface area contributed by atoms with Crippen LogP contribution in [0.1, 0.15) is 11.7 Å². The van der Waals surface area contributed by atoms with Gasteiger partial charge < -0.3 is 20.5 Å². The summed E-state index contributed by atoms with van der Waals surface area (Å²) in [4.78, 5) is 2.00. The van der Waals surface area contributed by atoms with Gasteiger partial charge in [0.1, 0.15) is 18.5 Å². The lowest BCUT2D eigenvalue weighted by Crippen LogP contribution is -2.11. The molecule has 0 aromatic heterocycles. The topological polar surface area (TPSA) is 58.7 Å². The van der Waals surface area contributed by atoms with Crippen molar-refractivity contribution in [3.63, 3.8) is 0 Å². The third kappa shape index (κ3) is 3.65. The molecular formula is C16H20N2O2. The number of aliphatic hydroxyl groups is 1. The lowest BCUT2D eigenvalue weighted by molar-refractivity contribution is 0.108. The van der Waals surface area contributed by atoms with Gasteiger partial charge in [0.2, 0.25) is 0 Å². The molecule has 0 heterocycles. The van der Waals surface area contributed by atoms with Crippen molar-refractivity contribution in [3.8, 4) is 5.75 Å². The Bertz CT molecular complexity index is 553. The van der Waals surface area contributed by atoms with Crippen LogP contribution in [0.25, 0.3) is 0 Å². The molecule has 0 amide bonds. The number of rotatable bonds is 5. The predicted octanol–water partition coefficient (Wildman–Crippen LogP) is 2.45. The molecule has 1 unspecified atom stereocenters. The van der Waals surface area contributed by atoms with Gasteiger partial charge in [0, 0.05) is 31.5 Å². The Kier molecular flexibility index (Phi) is 4.48. The summed E-state index contributed by atoms with van der Waals surface area (Å²) in [6.07, 6.45) is -0.668. The molecule has 3 N–H and O–H groups in total. The van der Waals surface area contributed by atoms with Crippen molar-refractivity contribution in [3.05, 3.63) is 54.1 Å². The minimum atomic E-state index is -0.668. The number of ether oxygens (including phenoxy) is 1. The number of nitrogens with zero attached hydrogens (tertiary/aromatic N) is 1. The van der Waals surface area contributed by atoms with Crippen LogP contribution in [0.4, 0.5) is 11.4 Å². The van der Waals surface area contributed by atoms with Crippen LogP contribution in [0.3, 0.4) is 0 Å². The quantitative estimate of drug-likeness (QED) is 0.821. The fraction of sp³-hybridized carbons (Fsp3) is 0.250. The van der Waals surface area contributed by atoms with Crippen LogP contribution in [0.5, 0.6) is 5.75 Å². The van der Waals surface area contributed by atoms with Gasteiger partial charge in [-0.05, 0) is 29.8 Å². The Hall–Kier alpha value is -2.20. The Morgan fingerprint density at radius 1 is 1.15 bits per heavy atom. The molecule has 106 valence electrons. The van der Waals surface area contributed by atoms with Gasteiger partial charge in [-0.25, -0.2) is 0 Å². The highest BCUT2D eigenvalue weighted by atomic mass is 16.5. The van der Waals surface area contributed by atoms with Crippen LogP contribution in [0.2, 0.25) is 0 Å². The van der Waals surface area contributed by atoms with Gasteiger partial charge in [0.25, 0.3) is 0 Å². The standard InChI is InChI=1S/C16H20N2O2/c1-18(2)14-4-3-5-15(10-14)20-11-16(19)12-6-8-13(17)9-7-12/h3-10,16,19H,11,17H2,1-2H3. The second-order valence-corrected chi connectivity index (χ2v) is 4.89. The molecule has 0 saturated carbocycles. The van der Waals surface area contributed by atoms with Crippen molar-refractivity contribution >= 4 is 11.4 Å². The average molecular weight is 272 g/mol. The molecule has 2 aromatic carbocycles. The number of benzene rings is 2. The molecule has 2 rings (SSSR count). The van der Waals surface area contributed by atoms with Crippen LogP contribution in [-0.2, 0) is 0 Å². The van der Waals surface area contributed by atoms with E-state index in [1.165, 1.54) is 0 Å². The van der Waals surface area contributed by atoms with Crippen LogP contribution >= 0.6 is 0 Å². The van der Waals surface area contributed by atoms with Gasteiger partial charge in [0.05, 0.1) is 0 Å². The first kappa shape index (κ1) is 14.2. The summed E-state index contributed by atoms with van der Waals surface area (Å²) < 4.78 is 5.64. The van der Waals surface area contributed by atoms with Gasteiger partial charge in [0.15, 0.2) is 0 Å². The predicted molar refractivity (Wildman–Crippen MR) is 82.1 cm³/mol. The molecule has 0 bridgehead atoms. The zero-order valence-corrected chi connectivity index (χ0v) is 11.8. The van der Waals surface area contributed by atoms with Crippen molar-refractivity contribution in [1.29, 1.82) is 0 Å². The largest absolute Gasteiger partial charge is 0.490 e. The second kappa shape index (κ2) is 6.30. The molecule has 0 aliphatic carbocycles. The Morgan fingerprint density at radius 3 is 2.50 bits per heavy atom. The molecule has 1 atom stereocenters. The van der Waals surface area contributed by atoms with E-state index in [2.05, 4.69) is 0 Å². The summed E-state index contributed by atoms with van der Waals surface area (Å²) in [5, 5.41) is 10.1. The molecule has 4 heteroatoms. The lowest BCUT2D eigenvalue weighted by atomic mass is 10.1. The van der Waals surface area contributed by atoms with Crippen molar-refractivity contribution < 1.29 is 9.84 Å². The summed E-state index contributed by atoms with van der Waals surface area (Å²) in [6.45, 7) is 0.209. The van der Waals surface area contributed by atoms with Gasteiger partial charge in [-0.2, -0.15) is 0 Å². The molecule has 0 fully saturated rings. The van der Waals surface area contributed by atoms with E-state index in [-0.39, 0.29) is 6.61 Å². The summed E-state index contributed by atoms with van der Waals surface area (Å²) in [5.74, 6) is 0.741. The molecule has 0 saturated heterocycles. The minimum Gasteiger partial charge on any atom is -0.490 e. The molecular weight excluding hydrogens is 252 g/mol. The minimum absolute atomic E-state index is 0.209. The maximum absolute atomic E-state index is 10.1. The monoisotopic (exact) mass is 272 g/mol. The number of hydrogen-bond acceptors (Lipinski definition) is 4. The molecule has 0 aliphatic rings. The number of nitrogen functional groups attached to an aromatic ring is 1. The maximum atomic E-state index is 10.1. The van der Waals surface area contributed by atoms with E-state index in [0.717, 1.165) is 17.0 Å². The second-order valence-electron chi connectivity index (χ2n) is 4.89. The summed E-state index contributed by atoms with van der Waals surface area (Å²) in [6, 6.07) is 14.9. The highest BCUT2D eigenvalue weighted by molar-refractivity contribution is 5.49. The average Bonchev–Trinajstić information content (AvgIpc) is 2.46. The van der Waals surface area contributed by atoms with Crippen LogP contribution in [-0.4, -0.2) is 25.8 Å². The number of hydrogen-bond donors (Lipinski definition) is 2. The van der Waals surface area contributed by atoms with Gasteiger partial charge in [-0.15, -0.1) is 0 Å². The first-order valence-electron chi connectivity index (χ1n) is 6.50. The number of nitrogens with two attached hydrogens (primary N) is 1. The van der Waals surface area contributed by atoms with Crippen LogP contribution < -0.4 is 15.4 Å². The van der Waals surface area contributed by atoms with E-state index < -0.39 is 6.10 Å². The molecule has 2 aromatic rings. The Labute approximate surface area is 119 Å². The van der Waals surface area contributed by atoms with Gasteiger partial charge >= 0.3 is 0 Å². The Morgan fingerprint density at radius 2 is 1.85 bits per heavy atom. The zero-order chi connectivity index (χ0) is 14.5. The third-order valence-corrected chi connectivity index (χ3v) is 3.06. The molecule has 0 spiro atoms. The summed E-state index contributed by atoms with van der Waals surface area (Å²) in [7, 11) is 3.95. The van der Waals surface area contributed by atoms with Crippen molar-refractivity contribution in [2.75, 3.05) is 31.3 Å². The van der Waals surface area contributed by atoms with E-state index in [1.54, 1.807) is 24.3 Å². The first-order chi connectivity index (χ1) is 9.56. The fourth-order valence-electron chi connectivity index (χ4n) is 1.84. The normalized spacial score (nSPS) is 11.9. The molecule has 0 aliphatic heterocycles. The van der Waals surface area contributed by atoms with E-state index in [1.807, 2.05) is 43.3 Å². The summed E-state index contributed by atoms with van der Waals surface area (Å²) in [5.41, 5.74) is 8.15. The lowest BCUT2D eigenvalue weighted by Gasteiger charge is -2.16.